The van der Waals surface area contributed by atoms with Crippen LogP contribution < -0.4 is 5.73 Å². The van der Waals surface area contributed by atoms with Crippen molar-refractivity contribution in [3.8, 4) is 11.5 Å². The lowest BCUT2D eigenvalue weighted by Gasteiger charge is -2.06. The smallest absolute Gasteiger partial charge is 0.257 e. The molecule has 2 aromatic rings. The summed E-state index contributed by atoms with van der Waals surface area (Å²) in [5.41, 5.74) is 8.16. The number of rotatable bonds is 7. The van der Waals surface area contributed by atoms with Crippen LogP contribution in [0.5, 0.6) is 0 Å². The number of nitrogens with zero attached hydrogens (tertiary/aromatic N) is 2. The second-order valence-electron chi connectivity index (χ2n) is 5.42. The Hall–Kier alpha value is -1.72. The van der Waals surface area contributed by atoms with E-state index in [2.05, 4.69) is 43.0 Å². The van der Waals surface area contributed by atoms with Crippen molar-refractivity contribution in [1.29, 1.82) is 0 Å². The summed E-state index contributed by atoms with van der Waals surface area (Å²) in [6.07, 6.45) is 0.965. The van der Waals surface area contributed by atoms with Gasteiger partial charge in [-0.1, -0.05) is 38.1 Å². The van der Waals surface area contributed by atoms with Gasteiger partial charge in [-0.25, -0.2) is 0 Å². The minimum absolute atomic E-state index is 0.357. The Bertz CT molecular complexity index is 549. The van der Waals surface area contributed by atoms with Crippen molar-refractivity contribution in [2.45, 2.75) is 39.2 Å². The summed E-state index contributed by atoms with van der Waals surface area (Å²) in [4.78, 5) is 4.35. The highest BCUT2D eigenvalue weighted by molar-refractivity contribution is 5.53. The van der Waals surface area contributed by atoms with Crippen LogP contribution in [0.4, 0.5) is 0 Å². The van der Waals surface area contributed by atoms with Crippen LogP contribution in [0, 0.1) is 0 Å². The molecule has 0 aliphatic carbocycles. The molecule has 1 aromatic carbocycles. The lowest BCUT2D eigenvalue weighted by Crippen LogP contribution is -2.18. The fourth-order valence-electron chi connectivity index (χ4n) is 1.94. The zero-order chi connectivity index (χ0) is 15.2. The summed E-state index contributed by atoms with van der Waals surface area (Å²) in [6.45, 7) is 7.47. The molecule has 0 aliphatic heterocycles. The second-order valence-corrected chi connectivity index (χ2v) is 5.42. The number of benzene rings is 1. The molecular weight excluding hydrogens is 266 g/mol. The van der Waals surface area contributed by atoms with E-state index in [0.29, 0.717) is 30.8 Å². The van der Waals surface area contributed by atoms with Crippen LogP contribution in [-0.4, -0.2) is 23.4 Å². The van der Waals surface area contributed by atoms with E-state index in [4.69, 9.17) is 15.0 Å². The number of aromatic nitrogens is 2. The van der Waals surface area contributed by atoms with Crippen LogP contribution in [0.2, 0.25) is 0 Å². The van der Waals surface area contributed by atoms with Gasteiger partial charge >= 0.3 is 0 Å². The molecule has 0 spiro atoms. The van der Waals surface area contributed by atoms with E-state index in [-0.39, 0.29) is 6.04 Å². The third kappa shape index (κ3) is 4.12. The molecule has 5 nitrogen and oxygen atoms in total. The zero-order valence-corrected chi connectivity index (χ0v) is 12.9. The first-order valence-corrected chi connectivity index (χ1v) is 7.39. The lowest BCUT2D eigenvalue weighted by molar-refractivity contribution is 0.119. The van der Waals surface area contributed by atoms with Gasteiger partial charge in [-0.3, -0.25) is 0 Å². The molecular formula is C16H23N3O2. The van der Waals surface area contributed by atoms with Crippen molar-refractivity contribution in [2.24, 2.45) is 5.73 Å². The summed E-state index contributed by atoms with van der Waals surface area (Å²) in [6, 6.07) is 7.78. The van der Waals surface area contributed by atoms with Crippen LogP contribution in [-0.2, 0) is 4.74 Å². The zero-order valence-electron chi connectivity index (χ0n) is 12.9. The Balaban J connectivity index is 2.05. The first-order chi connectivity index (χ1) is 10.1. The largest absolute Gasteiger partial charge is 0.379 e. The Morgan fingerprint density at radius 1 is 1.24 bits per heavy atom. The summed E-state index contributed by atoms with van der Waals surface area (Å²) in [5, 5.41) is 3.94. The van der Waals surface area contributed by atoms with Gasteiger partial charge in [0.25, 0.3) is 5.89 Å². The highest BCUT2D eigenvalue weighted by Gasteiger charge is 2.15. The van der Waals surface area contributed by atoms with Crippen LogP contribution in [0.15, 0.2) is 28.8 Å². The van der Waals surface area contributed by atoms with Gasteiger partial charge in [0.2, 0.25) is 0 Å². The molecule has 0 aliphatic rings. The average molecular weight is 289 g/mol. The highest BCUT2D eigenvalue weighted by atomic mass is 16.5. The van der Waals surface area contributed by atoms with Gasteiger partial charge in [-0.2, -0.15) is 4.98 Å². The molecule has 0 fully saturated rings. The molecule has 2 rings (SSSR count). The fourth-order valence-corrected chi connectivity index (χ4v) is 1.94. The number of nitrogens with two attached hydrogens (primary N) is 1. The van der Waals surface area contributed by atoms with Gasteiger partial charge in [0.05, 0.1) is 12.6 Å². The van der Waals surface area contributed by atoms with Gasteiger partial charge in [0.15, 0.2) is 5.82 Å². The van der Waals surface area contributed by atoms with Crippen molar-refractivity contribution in [3.05, 3.63) is 35.7 Å². The quantitative estimate of drug-likeness (QED) is 0.792. The fraction of sp³-hybridized carbons (Fsp3) is 0.500. The predicted octanol–water partition coefficient (Wildman–Crippen LogP) is 3.29. The maximum atomic E-state index is 5.98. The second kappa shape index (κ2) is 7.33. The minimum atomic E-state index is -0.357. The molecule has 21 heavy (non-hydrogen) atoms. The van der Waals surface area contributed by atoms with Crippen LogP contribution >= 0.6 is 0 Å². The van der Waals surface area contributed by atoms with Crippen LogP contribution in [0.3, 0.4) is 0 Å². The van der Waals surface area contributed by atoms with Crippen LogP contribution in [0.25, 0.3) is 11.5 Å². The van der Waals surface area contributed by atoms with Gasteiger partial charge < -0.3 is 15.0 Å². The van der Waals surface area contributed by atoms with E-state index in [0.717, 1.165) is 12.0 Å². The first kappa shape index (κ1) is 15.7. The van der Waals surface area contributed by atoms with E-state index >= 15 is 0 Å². The molecule has 1 unspecified atom stereocenters. The van der Waals surface area contributed by atoms with Gasteiger partial charge in [0, 0.05) is 12.2 Å². The van der Waals surface area contributed by atoms with Crippen molar-refractivity contribution < 1.29 is 9.26 Å². The SMILES string of the molecule is CCCOCC(N)c1noc(-c2ccc(C(C)C)cc2)n1. The van der Waals surface area contributed by atoms with Gasteiger partial charge in [0.1, 0.15) is 0 Å². The molecule has 1 aromatic heterocycles. The Morgan fingerprint density at radius 2 is 1.95 bits per heavy atom. The topological polar surface area (TPSA) is 74.2 Å². The maximum Gasteiger partial charge on any atom is 0.257 e. The van der Waals surface area contributed by atoms with Crippen molar-refractivity contribution in [1.82, 2.24) is 10.1 Å². The predicted molar refractivity (Wildman–Crippen MR) is 81.9 cm³/mol. The van der Waals surface area contributed by atoms with E-state index in [1.165, 1.54) is 5.56 Å². The maximum absolute atomic E-state index is 5.98. The van der Waals surface area contributed by atoms with Gasteiger partial charge in [-0.15, -0.1) is 0 Å². The lowest BCUT2D eigenvalue weighted by atomic mass is 10.0. The standard InChI is InChI=1S/C16H23N3O2/c1-4-9-20-10-14(17)15-18-16(21-19-15)13-7-5-12(6-8-13)11(2)3/h5-8,11,14H,4,9-10,17H2,1-3H3. The molecule has 1 atom stereocenters. The molecule has 0 bridgehead atoms. The summed E-state index contributed by atoms with van der Waals surface area (Å²) < 4.78 is 10.7. The first-order valence-electron chi connectivity index (χ1n) is 7.39. The normalized spacial score (nSPS) is 12.8. The molecule has 0 amide bonds. The van der Waals surface area contributed by atoms with E-state index in [1.54, 1.807) is 0 Å². The molecule has 114 valence electrons. The van der Waals surface area contributed by atoms with E-state index in [9.17, 15) is 0 Å². The molecule has 0 saturated carbocycles. The molecule has 0 saturated heterocycles. The number of ether oxygens (including phenoxy) is 1. The van der Waals surface area contributed by atoms with Crippen LogP contribution in [0.1, 0.15) is 50.5 Å². The minimum Gasteiger partial charge on any atom is -0.379 e. The van der Waals surface area contributed by atoms with Gasteiger partial charge in [-0.05, 0) is 30.0 Å². The third-order valence-electron chi connectivity index (χ3n) is 3.24. The molecule has 1 heterocycles. The molecule has 2 N–H and O–H groups in total. The number of hydrogen-bond acceptors (Lipinski definition) is 5. The Morgan fingerprint density at radius 3 is 2.57 bits per heavy atom. The highest BCUT2D eigenvalue weighted by Crippen LogP contribution is 2.22. The monoisotopic (exact) mass is 289 g/mol. The van der Waals surface area contributed by atoms with E-state index in [1.807, 2.05) is 12.1 Å². The summed E-state index contributed by atoms with van der Waals surface area (Å²) >= 11 is 0. The third-order valence-corrected chi connectivity index (χ3v) is 3.24. The number of hydrogen-bond donors (Lipinski definition) is 1. The Kier molecular flexibility index (Phi) is 5.47. The summed E-state index contributed by atoms with van der Waals surface area (Å²) in [7, 11) is 0. The summed E-state index contributed by atoms with van der Waals surface area (Å²) in [5.74, 6) is 1.47. The van der Waals surface area contributed by atoms with E-state index < -0.39 is 0 Å². The molecule has 0 radical (unpaired) electrons. The van der Waals surface area contributed by atoms with Crippen molar-refractivity contribution >= 4 is 0 Å². The van der Waals surface area contributed by atoms with Crippen molar-refractivity contribution in [2.75, 3.05) is 13.2 Å². The molecule has 5 heteroatoms. The average Bonchev–Trinajstić information content (AvgIpc) is 2.97. The van der Waals surface area contributed by atoms with Crippen molar-refractivity contribution in [3.63, 3.8) is 0 Å². The Labute approximate surface area is 125 Å².